The average Bonchev–Trinajstić information content (AvgIpc) is 2.42. The molecule has 21 heavy (non-hydrogen) atoms. The van der Waals surface area contributed by atoms with Gasteiger partial charge < -0.3 is 15.9 Å². The van der Waals surface area contributed by atoms with E-state index in [1.54, 1.807) is 23.5 Å². The van der Waals surface area contributed by atoms with E-state index in [0.29, 0.717) is 11.7 Å². The number of pyridine rings is 1. The van der Waals surface area contributed by atoms with E-state index in [0.717, 1.165) is 31.6 Å². The number of aromatic nitrogens is 1. The largest absolute Gasteiger partial charge is 0.397 e. The van der Waals surface area contributed by atoms with Crippen LogP contribution in [-0.2, 0) is 9.63 Å². The number of hydroxylamine groups is 2. The third kappa shape index (κ3) is 4.32. The first-order valence-corrected chi connectivity index (χ1v) is 7.29. The molecular formula is C15H24N4O2. The summed E-state index contributed by atoms with van der Waals surface area (Å²) in [5.41, 5.74) is 6.99. The Morgan fingerprint density at radius 3 is 2.67 bits per heavy atom. The summed E-state index contributed by atoms with van der Waals surface area (Å²) >= 11 is 0. The number of piperidine rings is 1. The van der Waals surface area contributed by atoms with E-state index >= 15 is 0 Å². The van der Waals surface area contributed by atoms with Crippen molar-refractivity contribution in [2.45, 2.75) is 39.7 Å². The molecule has 0 aromatic carbocycles. The van der Waals surface area contributed by atoms with Crippen LogP contribution in [0.2, 0.25) is 0 Å². The van der Waals surface area contributed by atoms with Crippen molar-refractivity contribution >= 4 is 17.3 Å². The van der Waals surface area contributed by atoms with E-state index in [9.17, 15) is 4.79 Å². The highest BCUT2D eigenvalue weighted by Gasteiger charge is 2.28. The average molecular weight is 292 g/mol. The van der Waals surface area contributed by atoms with Gasteiger partial charge in [-0.3, -0.25) is 4.98 Å². The molecule has 1 fully saturated rings. The Labute approximate surface area is 125 Å². The molecule has 0 aliphatic carbocycles. The van der Waals surface area contributed by atoms with Crippen molar-refractivity contribution in [2.24, 2.45) is 5.41 Å². The van der Waals surface area contributed by atoms with Crippen LogP contribution in [0.25, 0.3) is 0 Å². The fourth-order valence-corrected chi connectivity index (χ4v) is 2.09. The number of nitrogens with one attached hydrogen (secondary N) is 1. The lowest BCUT2D eigenvalue weighted by atomic mass is 9.98. The van der Waals surface area contributed by atoms with E-state index < -0.39 is 5.41 Å². The van der Waals surface area contributed by atoms with Crippen molar-refractivity contribution in [2.75, 3.05) is 24.1 Å². The topological polar surface area (TPSA) is 80.5 Å². The van der Waals surface area contributed by atoms with Crippen LogP contribution in [0.3, 0.4) is 0 Å². The summed E-state index contributed by atoms with van der Waals surface area (Å²) in [6.07, 6.45) is 5.20. The monoisotopic (exact) mass is 292 g/mol. The summed E-state index contributed by atoms with van der Waals surface area (Å²) in [6, 6.07) is 2.10. The molecule has 1 saturated heterocycles. The third-order valence-electron chi connectivity index (χ3n) is 3.49. The molecule has 2 rings (SSSR count). The summed E-state index contributed by atoms with van der Waals surface area (Å²) < 4.78 is 0. The number of rotatable bonds is 3. The van der Waals surface area contributed by atoms with Gasteiger partial charge in [0.05, 0.1) is 23.0 Å². The second-order valence-electron chi connectivity index (χ2n) is 6.44. The number of hydrogen-bond donors (Lipinski definition) is 2. The predicted octanol–water partition coefficient (Wildman–Crippen LogP) is 2.04. The van der Waals surface area contributed by atoms with E-state index in [4.69, 9.17) is 10.6 Å². The molecule has 0 saturated carbocycles. The van der Waals surface area contributed by atoms with Gasteiger partial charge in [-0.25, -0.2) is 4.79 Å². The first-order valence-electron chi connectivity index (χ1n) is 7.29. The van der Waals surface area contributed by atoms with Gasteiger partial charge in [-0.05, 0) is 39.7 Å². The van der Waals surface area contributed by atoms with Crippen molar-refractivity contribution < 1.29 is 9.63 Å². The van der Waals surface area contributed by atoms with Crippen LogP contribution in [-0.4, -0.2) is 35.1 Å². The molecule has 6 nitrogen and oxygen atoms in total. The number of carbonyl (C=O) groups is 1. The molecular weight excluding hydrogens is 268 g/mol. The molecule has 3 N–H and O–H groups in total. The molecule has 116 valence electrons. The molecule has 1 aromatic rings. The number of nitrogens with two attached hydrogens (primary N) is 1. The molecule has 2 heterocycles. The van der Waals surface area contributed by atoms with Crippen molar-refractivity contribution in [1.29, 1.82) is 0 Å². The van der Waals surface area contributed by atoms with E-state index in [-0.39, 0.29) is 5.97 Å². The van der Waals surface area contributed by atoms with Crippen LogP contribution >= 0.6 is 0 Å². The van der Waals surface area contributed by atoms with Crippen molar-refractivity contribution in [3.8, 4) is 0 Å². The molecule has 0 atom stereocenters. The van der Waals surface area contributed by atoms with Gasteiger partial charge in [0.1, 0.15) is 0 Å². The van der Waals surface area contributed by atoms with Gasteiger partial charge >= 0.3 is 5.97 Å². The van der Waals surface area contributed by atoms with E-state index in [1.165, 1.54) is 0 Å². The summed E-state index contributed by atoms with van der Waals surface area (Å²) in [4.78, 5) is 21.3. The molecule has 1 aliphatic heterocycles. The minimum atomic E-state index is -0.473. The maximum atomic E-state index is 11.8. The van der Waals surface area contributed by atoms with Crippen LogP contribution < -0.4 is 11.1 Å². The van der Waals surface area contributed by atoms with Crippen LogP contribution in [0.5, 0.6) is 0 Å². The number of nitrogen functional groups attached to an aromatic ring is 1. The Bertz CT molecular complexity index is 491. The number of nitrogens with zero attached hydrogens (tertiary/aromatic N) is 2. The highest BCUT2D eigenvalue weighted by atomic mass is 16.7. The molecule has 1 aromatic heterocycles. The number of anilines is 2. The van der Waals surface area contributed by atoms with Gasteiger partial charge in [-0.2, -0.15) is 0 Å². The molecule has 0 spiro atoms. The molecule has 1 aliphatic rings. The van der Waals surface area contributed by atoms with Crippen LogP contribution in [0.4, 0.5) is 11.4 Å². The Balaban J connectivity index is 1.81. The van der Waals surface area contributed by atoms with Crippen molar-refractivity contribution in [3.63, 3.8) is 0 Å². The first-order chi connectivity index (χ1) is 9.86. The highest BCUT2D eigenvalue weighted by Crippen LogP contribution is 2.22. The molecule has 0 bridgehead atoms. The van der Waals surface area contributed by atoms with Gasteiger partial charge in [0.25, 0.3) is 0 Å². The molecule has 0 radical (unpaired) electrons. The standard InChI is InChI=1S/C15H24N4O2/c1-15(2,3)14(20)21-19-8-5-11(6-9-19)18-13-10-17-7-4-12(13)16/h4,7,10-11,18H,5-6,8-9H2,1-3H3,(H2,16,17). The smallest absolute Gasteiger partial charge is 0.330 e. The van der Waals surface area contributed by atoms with Gasteiger partial charge in [-0.15, -0.1) is 5.06 Å². The zero-order valence-corrected chi connectivity index (χ0v) is 12.9. The minimum absolute atomic E-state index is 0.189. The zero-order valence-electron chi connectivity index (χ0n) is 12.9. The summed E-state index contributed by atoms with van der Waals surface area (Å²) in [6.45, 7) is 7.01. The summed E-state index contributed by atoms with van der Waals surface area (Å²) in [7, 11) is 0. The summed E-state index contributed by atoms with van der Waals surface area (Å²) in [5.74, 6) is -0.189. The van der Waals surface area contributed by atoms with E-state index in [2.05, 4.69) is 10.3 Å². The number of carbonyl (C=O) groups excluding carboxylic acids is 1. The zero-order chi connectivity index (χ0) is 15.5. The normalized spacial score (nSPS) is 17.5. The van der Waals surface area contributed by atoms with Crippen LogP contribution in [0, 0.1) is 5.41 Å². The fraction of sp³-hybridized carbons (Fsp3) is 0.600. The quantitative estimate of drug-likeness (QED) is 0.887. The van der Waals surface area contributed by atoms with Gasteiger partial charge in [-0.1, -0.05) is 0 Å². The number of hydrogen-bond acceptors (Lipinski definition) is 6. The third-order valence-corrected chi connectivity index (χ3v) is 3.49. The molecule has 0 unspecified atom stereocenters. The minimum Gasteiger partial charge on any atom is -0.397 e. The van der Waals surface area contributed by atoms with Crippen LogP contribution in [0.15, 0.2) is 18.5 Å². The molecule has 0 amide bonds. The SMILES string of the molecule is CC(C)(C)C(=O)ON1CCC(Nc2cnccc2N)CC1. The molecule has 6 heteroatoms. The lowest BCUT2D eigenvalue weighted by Gasteiger charge is -2.33. The summed E-state index contributed by atoms with van der Waals surface area (Å²) in [5, 5.41) is 5.15. The highest BCUT2D eigenvalue weighted by molar-refractivity contribution is 5.75. The van der Waals surface area contributed by atoms with Gasteiger partial charge in [0.2, 0.25) is 0 Å². The van der Waals surface area contributed by atoms with E-state index in [1.807, 2.05) is 20.8 Å². The Hall–Kier alpha value is -1.82. The lowest BCUT2D eigenvalue weighted by molar-refractivity contribution is -0.204. The van der Waals surface area contributed by atoms with Gasteiger partial charge in [0.15, 0.2) is 0 Å². The van der Waals surface area contributed by atoms with Crippen molar-refractivity contribution in [3.05, 3.63) is 18.5 Å². The second-order valence-corrected chi connectivity index (χ2v) is 6.44. The predicted molar refractivity (Wildman–Crippen MR) is 82.4 cm³/mol. The van der Waals surface area contributed by atoms with Crippen molar-refractivity contribution in [1.82, 2.24) is 10.0 Å². The Morgan fingerprint density at radius 2 is 2.10 bits per heavy atom. The lowest BCUT2D eigenvalue weighted by Crippen LogP contribution is -2.42. The maximum Gasteiger partial charge on any atom is 0.330 e. The van der Waals surface area contributed by atoms with Crippen LogP contribution in [0.1, 0.15) is 33.6 Å². The Kier molecular flexibility index (Phi) is 4.67. The fourth-order valence-electron chi connectivity index (χ4n) is 2.09. The maximum absolute atomic E-state index is 11.8. The first kappa shape index (κ1) is 15.6. The van der Waals surface area contributed by atoms with Gasteiger partial charge in [0, 0.05) is 25.3 Å². The Morgan fingerprint density at radius 1 is 1.43 bits per heavy atom. The second kappa shape index (κ2) is 6.30.